The van der Waals surface area contributed by atoms with E-state index in [0.717, 1.165) is 25.0 Å². The van der Waals surface area contributed by atoms with Gasteiger partial charge in [0.1, 0.15) is 5.69 Å². The van der Waals surface area contributed by atoms with Gasteiger partial charge in [0, 0.05) is 35.3 Å². The van der Waals surface area contributed by atoms with Crippen molar-refractivity contribution in [1.82, 2.24) is 20.2 Å². The number of hydrogen-bond donors (Lipinski definition) is 2. The zero-order valence-electron chi connectivity index (χ0n) is 17.8. The van der Waals surface area contributed by atoms with Crippen LogP contribution in [0.2, 0.25) is 0 Å². The molecule has 3 N–H and O–H groups in total. The average Bonchev–Trinajstić information content (AvgIpc) is 2.86. The van der Waals surface area contributed by atoms with Crippen molar-refractivity contribution in [2.45, 2.75) is 76.5 Å². The van der Waals surface area contributed by atoms with Crippen molar-refractivity contribution in [2.75, 3.05) is 5.73 Å². The number of anilines is 1. The Balaban J connectivity index is 1.53. The largest absolute Gasteiger partial charge is 0.368 e. The maximum atomic E-state index is 13.8. The van der Waals surface area contributed by atoms with Gasteiger partial charge >= 0.3 is 0 Å². The maximum absolute atomic E-state index is 13.8. The van der Waals surface area contributed by atoms with Crippen LogP contribution >= 0.6 is 0 Å². The van der Waals surface area contributed by atoms with E-state index in [-0.39, 0.29) is 35.4 Å². The number of aryl methyl sites for hydroxylation is 1. The summed E-state index contributed by atoms with van der Waals surface area (Å²) in [4.78, 5) is 24.4. The minimum Gasteiger partial charge on any atom is -0.368 e. The molecule has 6 heteroatoms. The zero-order chi connectivity index (χ0) is 20.9. The lowest BCUT2D eigenvalue weighted by Crippen LogP contribution is -2.57. The van der Waals surface area contributed by atoms with Crippen LogP contribution in [0.3, 0.4) is 0 Å². The molecule has 6 nitrogen and oxygen atoms in total. The molecule has 5 atom stereocenters. The first-order valence-electron chi connectivity index (χ1n) is 11.2. The molecule has 1 aromatic heterocycles. The van der Waals surface area contributed by atoms with E-state index in [4.69, 9.17) is 5.73 Å². The summed E-state index contributed by atoms with van der Waals surface area (Å²) in [5.41, 5.74) is 8.46. The van der Waals surface area contributed by atoms with E-state index in [0.29, 0.717) is 11.7 Å². The molecule has 0 radical (unpaired) electrons. The summed E-state index contributed by atoms with van der Waals surface area (Å²) in [5, 5.41) is 3.98. The van der Waals surface area contributed by atoms with E-state index >= 15 is 0 Å². The number of likely N-dealkylation sites (tertiary alicyclic amines) is 1. The molecule has 1 saturated carbocycles. The van der Waals surface area contributed by atoms with Crippen LogP contribution in [0, 0.1) is 12.3 Å². The Kier molecular flexibility index (Phi) is 4.77. The topological polar surface area (TPSA) is 84.1 Å². The second-order valence-corrected chi connectivity index (χ2v) is 9.56. The number of nitrogen functional groups attached to an aromatic ring is 1. The number of aromatic nitrogens is 2. The highest BCUT2D eigenvalue weighted by Crippen LogP contribution is 2.52. The van der Waals surface area contributed by atoms with Gasteiger partial charge in [-0.15, -0.1) is 0 Å². The molecule has 158 valence electrons. The Morgan fingerprint density at radius 3 is 2.77 bits per heavy atom. The highest BCUT2D eigenvalue weighted by molar-refractivity contribution is 5.93. The Bertz CT molecular complexity index is 928. The van der Waals surface area contributed by atoms with Crippen molar-refractivity contribution in [1.29, 1.82) is 0 Å². The number of nitrogens with zero attached hydrogens (tertiary/aromatic N) is 3. The lowest BCUT2D eigenvalue weighted by atomic mass is 9.70. The number of piperidine rings is 1. The number of carbonyl (C=O) groups excluding carboxylic acids is 1. The van der Waals surface area contributed by atoms with Crippen LogP contribution in [-0.2, 0) is 6.42 Å². The summed E-state index contributed by atoms with van der Waals surface area (Å²) in [6.45, 7) is 4.25. The summed E-state index contributed by atoms with van der Waals surface area (Å²) in [7, 11) is 0. The van der Waals surface area contributed by atoms with E-state index in [1.54, 1.807) is 6.07 Å². The van der Waals surface area contributed by atoms with Crippen molar-refractivity contribution in [3.63, 3.8) is 0 Å². The number of benzene rings is 1. The highest BCUT2D eigenvalue weighted by Gasteiger charge is 2.60. The maximum Gasteiger partial charge on any atom is 0.273 e. The van der Waals surface area contributed by atoms with Gasteiger partial charge < -0.3 is 16.0 Å². The van der Waals surface area contributed by atoms with Crippen LogP contribution in [0.15, 0.2) is 36.4 Å². The Morgan fingerprint density at radius 1 is 1.23 bits per heavy atom. The van der Waals surface area contributed by atoms with E-state index in [1.807, 2.05) is 6.92 Å². The van der Waals surface area contributed by atoms with Crippen LogP contribution in [-0.4, -0.2) is 44.9 Å². The minimum absolute atomic E-state index is 0.00772. The SMILES string of the molecule is Cc1cc(C(=O)N2[C@H]3CCCC[C@H]4N[C@@H](Cc5ccccc5)[C@@H]2C[C@@]34C)nc(N)n1. The number of fused-ring (bicyclic) bond motifs is 1. The molecule has 3 fully saturated rings. The molecule has 1 amide bonds. The minimum atomic E-state index is 0.00772. The fourth-order valence-corrected chi connectivity index (χ4v) is 6.26. The molecule has 0 unspecified atom stereocenters. The van der Waals surface area contributed by atoms with Crippen molar-refractivity contribution < 1.29 is 4.79 Å². The van der Waals surface area contributed by atoms with Crippen LogP contribution < -0.4 is 11.1 Å². The Labute approximate surface area is 178 Å². The van der Waals surface area contributed by atoms with Gasteiger partial charge in [-0.25, -0.2) is 9.97 Å². The first-order valence-corrected chi connectivity index (χ1v) is 11.2. The lowest BCUT2D eigenvalue weighted by molar-refractivity contribution is 0.0605. The van der Waals surface area contributed by atoms with Gasteiger partial charge in [-0.05, 0) is 44.2 Å². The van der Waals surface area contributed by atoms with Gasteiger partial charge in [-0.1, -0.05) is 50.1 Å². The van der Waals surface area contributed by atoms with Gasteiger partial charge in [0.05, 0.1) is 0 Å². The van der Waals surface area contributed by atoms with E-state index in [1.165, 1.54) is 24.8 Å². The molecule has 1 aliphatic carbocycles. The molecule has 3 heterocycles. The van der Waals surface area contributed by atoms with Crippen LogP contribution in [0.5, 0.6) is 0 Å². The van der Waals surface area contributed by atoms with Crippen molar-refractivity contribution in [3.8, 4) is 0 Å². The predicted octanol–water partition coefficient (Wildman–Crippen LogP) is 3.11. The quantitative estimate of drug-likeness (QED) is 0.820. The lowest BCUT2D eigenvalue weighted by Gasteiger charge is -2.43. The Hall–Kier alpha value is -2.47. The third kappa shape index (κ3) is 3.18. The van der Waals surface area contributed by atoms with E-state index in [9.17, 15) is 4.79 Å². The van der Waals surface area contributed by atoms with Gasteiger partial charge in [0.15, 0.2) is 0 Å². The molecular weight excluding hydrogens is 374 g/mol. The molecule has 2 aliphatic heterocycles. The van der Waals surface area contributed by atoms with E-state index in [2.05, 4.69) is 57.4 Å². The standard InChI is InChI=1S/C24H31N5O/c1-15-12-18(28-23(25)26-15)22(30)29-19-14-24(2)20(10-6-7-11-21(24)29)27-17(19)13-16-8-4-3-5-9-16/h3-5,8-9,12,17,19-21,27H,6-7,10-11,13-14H2,1-2H3,(H2,25,26,28)/t17-,19-,20+,21-,24+/m0/s1. The first-order chi connectivity index (χ1) is 14.5. The summed E-state index contributed by atoms with van der Waals surface area (Å²) >= 11 is 0. The highest BCUT2D eigenvalue weighted by atomic mass is 16.2. The number of carbonyl (C=O) groups is 1. The van der Waals surface area contributed by atoms with Gasteiger partial charge in [-0.3, -0.25) is 4.79 Å². The number of amides is 1. The van der Waals surface area contributed by atoms with Crippen LogP contribution in [0.25, 0.3) is 0 Å². The zero-order valence-corrected chi connectivity index (χ0v) is 17.8. The number of nitrogens with one attached hydrogen (secondary N) is 1. The monoisotopic (exact) mass is 405 g/mol. The molecule has 2 saturated heterocycles. The smallest absolute Gasteiger partial charge is 0.273 e. The molecule has 1 aromatic carbocycles. The Morgan fingerprint density at radius 2 is 2.00 bits per heavy atom. The van der Waals surface area contributed by atoms with Crippen LogP contribution in [0.4, 0.5) is 5.95 Å². The fraction of sp³-hybridized carbons (Fsp3) is 0.542. The molecule has 0 spiro atoms. The molecule has 3 aliphatic rings. The second-order valence-electron chi connectivity index (χ2n) is 9.56. The summed E-state index contributed by atoms with van der Waals surface area (Å²) in [6.07, 6.45) is 6.62. The third-order valence-electron chi connectivity index (χ3n) is 7.62. The summed E-state index contributed by atoms with van der Waals surface area (Å²) < 4.78 is 0. The number of rotatable bonds is 3. The second kappa shape index (κ2) is 7.34. The summed E-state index contributed by atoms with van der Waals surface area (Å²) in [5.74, 6) is 0.178. The van der Waals surface area contributed by atoms with Crippen molar-refractivity contribution in [3.05, 3.63) is 53.3 Å². The number of nitrogens with two attached hydrogens (primary N) is 1. The van der Waals surface area contributed by atoms with Gasteiger partial charge in [0.25, 0.3) is 5.91 Å². The number of hydrogen-bond acceptors (Lipinski definition) is 5. The summed E-state index contributed by atoms with van der Waals surface area (Å²) in [6, 6.07) is 13.5. The molecule has 30 heavy (non-hydrogen) atoms. The van der Waals surface area contributed by atoms with Gasteiger partial charge in [0.2, 0.25) is 5.95 Å². The first kappa shape index (κ1) is 19.5. The van der Waals surface area contributed by atoms with Crippen molar-refractivity contribution in [2.24, 2.45) is 5.41 Å². The van der Waals surface area contributed by atoms with Gasteiger partial charge in [-0.2, -0.15) is 0 Å². The average molecular weight is 406 g/mol. The molecule has 2 bridgehead atoms. The predicted molar refractivity (Wildman–Crippen MR) is 117 cm³/mol. The van der Waals surface area contributed by atoms with Crippen LogP contribution in [0.1, 0.15) is 60.8 Å². The molecule has 5 rings (SSSR count). The molecular formula is C24H31N5O. The third-order valence-corrected chi connectivity index (χ3v) is 7.62. The van der Waals surface area contributed by atoms with E-state index < -0.39 is 0 Å². The molecule has 2 aromatic rings. The van der Waals surface area contributed by atoms with Crippen molar-refractivity contribution >= 4 is 11.9 Å². The fourth-order valence-electron chi connectivity index (χ4n) is 6.26. The normalized spacial score (nSPS) is 32.7.